The van der Waals surface area contributed by atoms with Gasteiger partial charge in [0.05, 0.1) is 6.04 Å². The van der Waals surface area contributed by atoms with Crippen molar-refractivity contribution in [1.29, 1.82) is 0 Å². The minimum Gasteiger partial charge on any atom is -0.508 e. The van der Waals surface area contributed by atoms with Crippen LogP contribution in [0.5, 0.6) is 5.75 Å². The van der Waals surface area contributed by atoms with E-state index in [1.165, 1.54) is 29.5 Å². The Kier molecular flexibility index (Phi) is 2.70. The molecule has 2 rings (SSSR count). The second-order valence-corrected chi connectivity index (χ2v) is 4.18. The van der Waals surface area contributed by atoms with Gasteiger partial charge in [0.15, 0.2) is 0 Å². The molecule has 2 nitrogen and oxygen atoms in total. The highest BCUT2D eigenvalue weighted by Crippen LogP contribution is 2.30. The van der Waals surface area contributed by atoms with E-state index in [2.05, 4.69) is 0 Å². The maximum absolute atomic E-state index is 13.0. The second-order valence-electron chi connectivity index (χ2n) is 3.20. The number of aromatic hydroxyl groups is 1. The molecule has 0 bridgehead atoms. The SMILES string of the molecule is N[C@H](c1cccs1)c1cc(F)ccc1O. The molecular formula is C11H10FNOS. The van der Waals surface area contributed by atoms with E-state index in [1.807, 2.05) is 17.5 Å². The number of rotatable bonds is 2. The van der Waals surface area contributed by atoms with E-state index in [9.17, 15) is 9.50 Å². The van der Waals surface area contributed by atoms with Crippen LogP contribution in [0.4, 0.5) is 4.39 Å². The summed E-state index contributed by atoms with van der Waals surface area (Å²) in [6.45, 7) is 0. The summed E-state index contributed by atoms with van der Waals surface area (Å²) in [6, 6.07) is 7.05. The van der Waals surface area contributed by atoms with Crippen LogP contribution < -0.4 is 5.73 Å². The number of hydrogen-bond acceptors (Lipinski definition) is 3. The largest absolute Gasteiger partial charge is 0.508 e. The van der Waals surface area contributed by atoms with Gasteiger partial charge < -0.3 is 10.8 Å². The Hall–Kier alpha value is -1.39. The molecule has 2 aromatic rings. The van der Waals surface area contributed by atoms with Crippen molar-refractivity contribution in [2.75, 3.05) is 0 Å². The first-order valence-electron chi connectivity index (χ1n) is 4.46. The molecule has 78 valence electrons. The lowest BCUT2D eigenvalue weighted by Gasteiger charge is -2.11. The molecular weight excluding hydrogens is 213 g/mol. The number of benzene rings is 1. The first-order valence-corrected chi connectivity index (χ1v) is 5.34. The van der Waals surface area contributed by atoms with Crippen molar-refractivity contribution >= 4 is 11.3 Å². The molecule has 0 fully saturated rings. The fourth-order valence-electron chi connectivity index (χ4n) is 1.40. The Morgan fingerprint density at radius 2 is 2.13 bits per heavy atom. The summed E-state index contributed by atoms with van der Waals surface area (Å²) in [5.41, 5.74) is 6.33. The van der Waals surface area contributed by atoms with Crippen LogP contribution in [-0.4, -0.2) is 5.11 Å². The average Bonchev–Trinajstić information content (AvgIpc) is 2.74. The fourth-order valence-corrected chi connectivity index (χ4v) is 2.14. The van der Waals surface area contributed by atoms with Crippen LogP contribution in [0.2, 0.25) is 0 Å². The van der Waals surface area contributed by atoms with Gasteiger partial charge >= 0.3 is 0 Å². The lowest BCUT2D eigenvalue weighted by Crippen LogP contribution is -2.10. The van der Waals surface area contributed by atoms with Crippen molar-refractivity contribution in [2.45, 2.75) is 6.04 Å². The van der Waals surface area contributed by atoms with Crippen LogP contribution in [0.3, 0.4) is 0 Å². The molecule has 1 heterocycles. The number of phenols is 1. The van der Waals surface area contributed by atoms with Crippen LogP contribution in [-0.2, 0) is 0 Å². The van der Waals surface area contributed by atoms with Gasteiger partial charge in [0.2, 0.25) is 0 Å². The molecule has 1 aromatic carbocycles. The van der Waals surface area contributed by atoms with E-state index < -0.39 is 11.9 Å². The number of nitrogens with two attached hydrogens (primary N) is 1. The van der Waals surface area contributed by atoms with E-state index in [0.717, 1.165) is 4.88 Å². The summed E-state index contributed by atoms with van der Waals surface area (Å²) in [5.74, 6) is -0.368. The van der Waals surface area contributed by atoms with Gasteiger partial charge in [-0.15, -0.1) is 11.3 Å². The van der Waals surface area contributed by atoms with Gasteiger partial charge in [0.1, 0.15) is 11.6 Å². The smallest absolute Gasteiger partial charge is 0.123 e. The van der Waals surface area contributed by atoms with Crippen LogP contribution in [0, 0.1) is 5.82 Å². The highest BCUT2D eigenvalue weighted by atomic mass is 32.1. The lowest BCUT2D eigenvalue weighted by atomic mass is 10.1. The van der Waals surface area contributed by atoms with Crippen LogP contribution in [0.15, 0.2) is 35.7 Å². The summed E-state index contributed by atoms with van der Waals surface area (Å²) in [4.78, 5) is 0.899. The standard InChI is InChI=1S/C11H10FNOS/c12-7-3-4-9(14)8(6-7)11(13)10-2-1-5-15-10/h1-6,11,14H,13H2/t11-/m0/s1. The molecule has 0 aliphatic rings. The van der Waals surface area contributed by atoms with Crippen molar-refractivity contribution < 1.29 is 9.50 Å². The number of thiophene rings is 1. The zero-order valence-corrected chi connectivity index (χ0v) is 8.67. The summed E-state index contributed by atoms with van der Waals surface area (Å²) in [6.07, 6.45) is 0. The van der Waals surface area contributed by atoms with E-state index >= 15 is 0 Å². The summed E-state index contributed by atoms with van der Waals surface area (Å²) in [7, 11) is 0. The predicted octanol–water partition coefficient (Wildman–Crippen LogP) is 2.64. The molecule has 15 heavy (non-hydrogen) atoms. The Morgan fingerprint density at radius 1 is 1.33 bits per heavy atom. The van der Waals surface area contributed by atoms with E-state index in [-0.39, 0.29) is 5.75 Å². The molecule has 1 atom stereocenters. The number of halogens is 1. The van der Waals surface area contributed by atoms with Crippen molar-refractivity contribution in [3.63, 3.8) is 0 Å². The second kappa shape index (κ2) is 4.00. The zero-order chi connectivity index (χ0) is 10.8. The van der Waals surface area contributed by atoms with Crippen molar-refractivity contribution in [2.24, 2.45) is 5.73 Å². The first-order chi connectivity index (χ1) is 7.18. The van der Waals surface area contributed by atoms with Gasteiger partial charge in [0, 0.05) is 10.4 Å². The maximum Gasteiger partial charge on any atom is 0.123 e. The quantitative estimate of drug-likeness (QED) is 0.822. The Labute approximate surface area is 90.8 Å². The predicted molar refractivity (Wildman–Crippen MR) is 58.4 cm³/mol. The van der Waals surface area contributed by atoms with Crippen molar-refractivity contribution in [3.05, 3.63) is 52.0 Å². The third-order valence-electron chi connectivity index (χ3n) is 2.17. The normalized spacial score (nSPS) is 12.7. The lowest BCUT2D eigenvalue weighted by molar-refractivity contribution is 0.462. The van der Waals surface area contributed by atoms with E-state index in [0.29, 0.717) is 5.56 Å². The number of phenolic OH excluding ortho intramolecular Hbond substituents is 1. The van der Waals surface area contributed by atoms with Crippen LogP contribution in [0.25, 0.3) is 0 Å². The molecule has 0 unspecified atom stereocenters. The highest BCUT2D eigenvalue weighted by Gasteiger charge is 2.14. The molecule has 4 heteroatoms. The average molecular weight is 223 g/mol. The molecule has 0 spiro atoms. The van der Waals surface area contributed by atoms with Crippen LogP contribution in [0.1, 0.15) is 16.5 Å². The molecule has 0 saturated heterocycles. The van der Waals surface area contributed by atoms with Gasteiger partial charge in [-0.05, 0) is 29.6 Å². The molecule has 0 aliphatic carbocycles. The molecule has 0 amide bonds. The first kappa shape index (κ1) is 10.1. The van der Waals surface area contributed by atoms with Gasteiger partial charge in [0.25, 0.3) is 0 Å². The highest BCUT2D eigenvalue weighted by molar-refractivity contribution is 7.10. The van der Waals surface area contributed by atoms with Gasteiger partial charge in [-0.2, -0.15) is 0 Å². The summed E-state index contributed by atoms with van der Waals surface area (Å²) >= 11 is 1.48. The summed E-state index contributed by atoms with van der Waals surface area (Å²) in [5, 5.41) is 11.5. The van der Waals surface area contributed by atoms with E-state index in [1.54, 1.807) is 0 Å². The molecule has 0 aliphatic heterocycles. The Balaban J connectivity index is 2.41. The molecule has 0 radical (unpaired) electrons. The third kappa shape index (κ3) is 2.00. The van der Waals surface area contributed by atoms with Crippen LogP contribution >= 0.6 is 11.3 Å². The van der Waals surface area contributed by atoms with Gasteiger partial charge in [-0.3, -0.25) is 0 Å². The summed E-state index contributed by atoms with van der Waals surface area (Å²) < 4.78 is 13.0. The minimum absolute atomic E-state index is 0.0253. The molecule has 0 saturated carbocycles. The van der Waals surface area contributed by atoms with Crippen molar-refractivity contribution in [1.82, 2.24) is 0 Å². The Bertz CT molecular complexity index is 456. The molecule has 3 N–H and O–H groups in total. The minimum atomic E-state index is -0.472. The number of hydrogen-bond donors (Lipinski definition) is 2. The molecule has 1 aromatic heterocycles. The maximum atomic E-state index is 13.0. The third-order valence-corrected chi connectivity index (χ3v) is 3.13. The van der Waals surface area contributed by atoms with Gasteiger partial charge in [-0.1, -0.05) is 6.07 Å². The van der Waals surface area contributed by atoms with Crippen molar-refractivity contribution in [3.8, 4) is 5.75 Å². The zero-order valence-electron chi connectivity index (χ0n) is 7.85. The topological polar surface area (TPSA) is 46.2 Å². The fraction of sp³-hybridized carbons (Fsp3) is 0.0909. The monoisotopic (exact) mass is 223 g/mol. The Morgan fingerprint density at radius 3 is 2.80 bits per heavy atom. The van der Waals surface area contributed by atoms with Gasteiger partial charge in [-0.25, -0.2) is 4.39 Å². The van der Waals surface area contributed by atoms with E-state index in [4.69, 9.17) is 5.73 Å².